The topological polar surface area (TPSA) is 17.1 Å². The summed E-state index contributed by atoms with van der Waals surface area (Å²) in [5, 5.41) is 0. The normalized spacial score (nSPS) is 27.5. The molecule has 1 unspecified atom stereocenters. The number of ketones is 1. The number of fused-ring (bicyclic) bond motifs is 1. The summed E-state index contributed by atoms with van der Waals surface area (Å²) in [5.41, 5.74) is 3.68. The maximum Gasteiger partial charge on any atom is 0.182 e. The fourth-order valence-corrected chi connectivity index (χ4v) is 2.39. The van der Waals surface area contributed by atoms with Crippen molar-refractivity contribution in [2.75, 3.05) is 0 Å². The number of hydrogen-bond donors (Lipinski definition) is 0. The Morgan fingerprint density at radius 1 is 1.50 bits per heavy atom. The second-order valence-electron chi connectivity index (χ2n) is 3.94. The van der Waals surface area contributed by atoms with E-state index in [2.05, 4.69) is 0 Å². The molecule has 0 aromatic rings. The first-order valence-electron chi connectivity index (χ1n) is 4.62. The standard InChI is InChI=1S/C11H14O/c1-7(2)11-9-5-3-4-8(9)6-10(11)12/h6,9H,3-5H2,1-2H3. The molecule has 1 atom stereocenters. The summed E-state index contributed by atoms with van der Waals surface area (Å²) in [4.78, 5) is 11.5. The van der Waals surface area contributed by atoms with Gasteiger partial charge in [0.1, 0.15) is 0 Å². The molecule has 2 rings (SSSR count). The fraction of sp³-hybridized carbons (Fsp3) is 0.545. The zero-order valence-corrected chi connectivity index (χ0v) is 7.68. The van der Waals surface area contributed by atoms with Gasteiger partial charge in [-0.15, -0.1) is 0 Å². The van der Waals surface area contributed by atoms with Gasteiger partial charge in [0.15, 0.2) is 5.78 Å². The third-order valence-corrected chi connectivity index (χ3v) is 2.87. The highest BCUT2D eigenvalue weighted by Crippen LogP contribution is 2.42. The number of hydrogen-bond acceptors (Lipinski definition) is 1. The Labute approximate surface area is 73.2 Å². The number of carbonyl (C=O) groups is 1. The molecule has 1 fully saturated rings. The van der Waals surface area contributed by atoms with Crippen molar-refractivity contribution >= 4 is 5.78 Å². The summed E-state index contributed by atoms with van der Waals surface area (Å²) in [6.45, 7) is 4.09. The molecule has 0 saturated heterocycles. The second-order valence-corrected chi connectivity index (χ2v) is 3.94. The summed E-state index contributed by atoms with van der Waals surface area (Å²) in [6.07, 6.45) is 5.46. The van der Waals surface area contributed by atoms with Gasteiger partial charge in [-0.1, -0.05) is 11.1 Å². The fourth-order valence-electron chi connectivity index (χ4n) is 2.39. The molecule has 0 heterocycles. The van der Waals surface area contributed by atoms with Gasteiger partial charge in [0.25, 0.3) is 0 Å². The second kappa shape index (κ2) is 2.58. The zero-order chi connectivity index (χ0) is 8.72. The van der Waals surface area contributed by atoms with Gasteiger partial charge in [-0.05, 0) is 39.2 Å². The van der Waals surface area contributed by atoms with Crippen molar-refractivity contribution in [3.63, 3.8) is 0 Å². The molecule has 64 valence electrons. The molecule has 2 aliphatic rings. The number of rotatable bonds is 0. The van der Waals surface area contributed by atoms with E-state index in [1.807, 2.05) is 19.9 Å². The van der Waals surface area contributed by atoms with Crippen LogP contribution in [0.3, 0.4) is 0 Å². The monoisotopic (exact) mass is 162 g/mol. The van der Waals surface area contributed by atoms with Crippen LogP contribution in [-0.2, 0) is 4.79 Å². The first-order valence-corrected chi connectivity index (χ1v) is 4.62. The van der Waals surface area contributed by atoms with E-state index in [4.69, 9.17) is 0 Å². The average molecular weight is 162 g/mol. The van der Waals surface area contributed by atoms with Crippen LogP contribution in [0.15, 0.2) is 22.8 Å². The van der Waals surface area contributed by atoms with Crippen molar-refractivity contribution in [1.29, 1.82) is 0 Å². The van der Waals surface area contributed by atoms with Gasteiger partial charge in [-0.2, -0.15) is 0 Å². The highest BCUT2D eigenvalue weighted by Gasteiger charge is 2.33. The van der Waals surface area contributed by atoms with Gasteiger partial charge in [0.2, 0.25) is 0 Å². The third kappa shape index (κ3) is 0.961. The van der Waals surface area contributed by atoms with Crippen molar-refractivity contribution in [2.24, 2.45) is 5.92 Å². The van der Waals surface area contributed by atoms with E-state index in [1.165, 1.54) is 24.0 Å². The van der Waals surface area contributed by atoms with Crippen molar-refractivity contribution < 1.29 is 4.79 Å². The van der Waals surface area contributed by atoms with Gasteiger partial charge >= 0.3 is 0 Å². The highest BCUT2D eigenvalue weighted by atomic mass is 16.1. The Kier molecular flexibility index (Phi) is 1.67. The molecule has 0 radical (unpaired) electrons. The quantitative estimate of drug-likeness (QED) is 0.500. The largest absolute Gasteiger partial charge is 0.290 e. The molecule has 0 amide bonds. The maximum atomic E-state index is 11.5. The van der Waals surface area contributed by atoms with Crippen LogP contribution in [0.1, 0.15) is 33.1 Å². The summed E-state index contributed by atoms with van der Waals surface area (Å²) in [7, 11) is 0. The van der Waals surface area contributed by atoms with Crippen molar-refractivity contribution in [2.45, 2.75) is 33.1 Å². The van der Waals surface area contributed by atoms with Crippen LogP contribution in [0, 0.1) is 5.92 Å². The lowest BCUT2D eigenvalue weighted by Gasteiger charge is -2.08. The molecule has 12 heavy (non-hydrogen) atoms. The molecule has 1 nitrogen and oxygen atoms in total. The smallest absolute Gasteiger partial charge is 0.182 e. The third-order valence-electron chi connectivity index (χ3n) is 2.87. The Bertz CT molecular complexity index is 290. The van der Waals surface area contributed by atoms with Crippen LogP contribution in [0.5, 0.6) is 0 Å². The van der Waals surface area contributed by atoms with Crippen LogP contribution in [0.2, 0.25) is 0 Å². The molecule has 1 heteroatoms. The Balaban J connectivity index is 2.43. The van der Waals surface area contributed by atoms with Gasteiger partial charge in [0.05, 0.1) is 0 Å². The molecule has 0 spiro atoms. The molecular weight excluding hydrogens is 148 g/mol. The molecule has 2 aliphatic carbocycles. The van der Waals surface area contributed by atoms with E-state index in [0.717, 1.165) is 12.0 Å². The van der Waals surface area contributed by atoms with Crippen LogP contribution in [-0.4, -0.2) is 5.78 Å². The Morgan fingerprint density at radius 2 is 2.25 bits per heavy atom. The first kappa shape index (κ1) is 7.78. The van der Waals surface area contributed by atoms with Gasteiger partial charge in [-0.25, -0.2) is 0 Å². The predicted octanol–water partition coefficient (Wildman–Crippen LogP) is 2.63. The molecule has 0 bridgehead atoms. The van der Waals surface area contributed by atoms with E-state index in [1.54, 1.807) is 0 Å². The molecule has 0 aromatic carbocycles. The van der Waals surface area contributed by atoms with E-state index < -0.39 is 0 Å². The zero-order valence-electron chi connectivity index (χ0n) is 7.68. The molecule has 1 saturated carbocycles. The molecule has 0 N–H and O–H groups in total. The van der Waals surface area contributed by atoms with Gasteiger partial charge in [0, 0.05) is 11.5 Å². The Morgan fingerprint density at radius 3 is 2.92 bits per heavy atom. The summed E-state index contributed by atoms with van der Waals surface area (Å²) in [6, 6.07) is 0. The summed E-state index contributed by atoms with van der Waals surface area (Å²) < 4.78 is 0. The summed E-state index contributed by atoms with van der Waals surface area (Å²) in [5.74, 6) is 0.775. The Hall–Kier alpha value is -0.850. The first-order chi connectivity index (χ1) is 5.70. The maximum absolute atomic E-state index is 11.5. The minimum Gasteiger partial charge on any atom is -0.290 e. The molecular formula is C11H14O. The lowest BCUT2D eigenvalue weighted by molar-refractivity contribution is -0.111. The minimum atomic E-state index is 0.273. The van der Waals surface area contributed by atoms with E-state index in [-0.39, 0.29) is 5.78 Å². The average Bonchev–Trinajstić information content (AvgIpc) is 2.44. The van der Waals surface area contributed by atoms with E-state index >= 15 is 0 Å². The van der Waals surface area contributed by atoms with Crippen molar-refractivity contribution in [1.82, 2.24) is 0 Å². The van der Waals surface area contributed by atoms with Crippen LogP contribution in [0.4, 0.5) is 0 Å². The highest BCUT2D eigenvalue weighted by molar-refractivity contribution is 6.08. The van der Waals surface area contributed by atoms with Crippen molar-refractivity contribution in [3.05, 3.63) is 22.8 Å². The van der Waals surface area contributed by atoms with Crippen molar-refractivity contribution in [3.8, 4) is 0 Å². The predicted molar refractivity (Wildman–Crippen MR) is 48.8 cm³/mol. The van der Waals surface area contributed by atoms with Crippen LogP contribution in [0.25, 0.3) is 0 Å². The lowest BCUT2D eigenvalue weighted by atomic mass is 9.95. The van der Waals surface area contributed by atoms with E-state index in [0.29, 0.717) is 5.92 Å². The van der Waals surface area contributed by atoms with Gasteiger partial charge < -0.3 is 0 Å². The molecule has 0 aliphatic heterocycles. The minimum absolute atomic E-state index is 0.273. The van der Waals surface area contributed by atoms with Gasteiger partial charge in [-0.3, -0.25) is 4.79 Å². The number of allylic oxidation sites excluding steroid dienone is 4. The number of carbonyl (C=O) groups excluding carboxylic acids is 1. The SMILES string of the molecule is CC(C)=C1C(=O)C=C2CCCC21. The lowest BCUT2D eigenvalue weighted by Crippen LogP contribution is -2.03. The van der Waals surface area contributed by atoms with E-state index in [9.17, 15) is 4.79 Å². The van der Waals surface area contributed by atoms with Crippen LogP contribution >= 0.6 is 0 Å². The molecule has 0 aromatic heterocycles. The summed E-state index contributed by atoms with van der Waals surface area (Å²) >= 11 is 0. The van der Waals surface area contributed by atoms with Crippen LogP contribution < -0.4 is 0 Å².